The van der Waals surface area contributed by atoms with Crippen molar-refractivity contribution in [3.8, 4) is 11.5 Å². The van der Waals surface area contributed by atoms with Crippen LogP contribution in [-0.4, -0.2) is 75.5 Å². The van der Waals surface area contributed by atoms with Crippen LogP contribution in [0.15, 0.2) is 48.5 Å². The average molecular weight is 515 g/mol. The smallest absolute Gasteiger partial charge is 0.326 e. The van der Waals surface area contributed by atoms with Crippen LogP contribution in [0.3, 0.4) is 0 Å². The molecule has 0 aliphatic rings. The molecule has 2 aromatic carbocycles. The van der Waals surface area contributed by atoms with Crippen molar-refractivity contribution in [3.05, 3.63) is 59.7 Å². The number of nitrogens with two attached hydrogens (primary N) is 1. The second kappa shape index (κ2) is 13.5. The number of aromatic hydroxyl groups is 1. The van der Waals surface area contributed by atoms with Gasteiger partial charge in [0.05, 0.1) is 13.0 Å². The highest BCUT2D eigenvalue weighted by Crippen LogP contribution is 2.15. The minimum absolute atomic E-state index is 0.000536. The highest BCUT2D eigenvalue weighted by molar-refractivity contribution is 5.95. The van der Waals surface area contributed by atoms with Gasteiger partial charge < -0.3 is 36.0 Å². The van der Waals surface area contributed by atoms with Crippen LogP contribution in [0.4, 0.5) is 0 Å². The van der Waals surface area contributed by atoms with E-state index in [4.69, 9.17) is 15.9 Å². The lowest BCUT2D eigenvalue weighted by atomic mass is 10.0. The number of nitrogen functional groups attached to an aromatic ring is 1. The van der Waals surface area contributed by atoms with E-state index < -0.39 is 42.3 Å². The molecule has 7 N–H and O–H groups in total. The third-order valence-electron chi connectivity index (χ3n) is 5.46. The van der Waals surface area contributed by atoms with E-state index in [9.17, 15) is 34.5 Å². The summed E-state index contributed by atoms with van der Waals surface area (Å²) < 4.78 is 5.53. The monoisotopic (exact) mass is 514 g/mol. The number of carbonyl (C=O) groups excluding carboxylic acids is 2. The second-order valence-electron chi connectivity index (χ2n) is 8.28. The van der Waals surface area contributed by atoms with Gasteiger partial charge in [-0.15, -0.1) is 0 Å². The van der Waals surface area contributed by atoms with Gasteiger partial charge in [0.2, 0.25) is 11.8 Å². The van der Waals surface area contributed by atoms with Gasteiger partial charge in [0, 0.05) is 25.5 Å². The van der Waals surface area contributed by atoms with Gasteiger partial charge in [-0.25, -0.2) is 4.79 Å². The van der Waals surface area contributed by atoms with Crippen molar-refractivity contribution in [2.75, 3.05) is 13.7 Å². The van der Waals surface area contributed by atoms with E-state index in [2.05, 4.69) is 5.32 Å². The Morgan fingerprint density at radius 2 is 1.68 bits per heavy atom. The summed E-state index contributed by atoms with van der Waals surface area (Å²) in [5.74, 6) is -3.65. The number of ether oxygens (including phenoxy) is 1. The lowest BCUT2D eigenvalue weighted by molar-refractivity contribution is -0.151. The first-order chi connectivity index (χ1) is 17.5. The molecule has 0 fully saturated rings. The van der Waals surface area contributed by atoms with Crippen LogP contribution in [0.25, 0.3) is 0 Å². The Morgan fingerprint density at radius 1 is 1.05 bits per heavy atom. The summed E-state index contributed by atoms with van der Waals surface area (Å²) in [4.78, 5) is 49.5. The van der Waals surface area contributed by atoms with Crippen LogP contribution in [0.5, 0.6) is 11.5 Å². The Kier molecular flexibility index (Phi) is 10.4. The summed E-state index contributed by atoms with van der Waals surface area (Å²) in [6.45, 7) is 0.165. The Bertz CT molecular complexity index is 1120. The molecule has 12 heteroatoms. The van der Waals surface area contributed by atoms with Crippen molar-refractivity contribution in [1.29, 1.82) is 5.41 Å². The van der Waals surface area contributed by atoms with Crippen LogP contribution in [0, 0.1) is 5.41 Å². The lowest BCUT2D eigenvalue weighted by Gasteiger charge is -2.29. The van der Waals surface area contributed by atoms with Gasteiger partial charge in [-0.1, -0.05) is 12.1 Å². The standard InChI is InChI=1S/C25H30N4O8/c1-29(20(25(35)36)13-15-4-8-17(30)9-5-15)24(34)19(14-22(32)33)28-21(31)3-2-12-37-18-10-6-16(7-11-18)23(26)27/h4-11,19-20,30H,2-3,12-14H2,1H3,(H3,26,27)(H,28,31)(H,32,33)(H,35,36)/t19-,20-/m0/s1. The second-order valence-corrected chi connectivity index (χ2v) is 8.28. The molecule has 0 spiro atoms. The Labute approximate surface area is 213 Å². The molecular formula is C25H30N4O8. The molecule has 0 aromatic heterocycles. The number of phenolic OH excluding ortho intramolecular Hbond substituents is 1. The molecule has 2 amide bonds. The van der Waals surface area contributed by atoms with Gasteiger partial charge >= 0.3 is 11.9 Å². The van der Waals surface area contributed by atoms with Crippen molar-refractivity contribution in [1.82, 2.24) is 10.2 Å². The molecule has 0 bridgehead atoms. The van der Waals surface area contributed by atoms with Gasteiger partial charge in [0.25, 0.3) is 0 Å². The Balaban J connectivity index is 1.95. The summed E-state index contributed by atoms with van der Waals surface area (Å²) in [6.07, 6.45) is -0.604. The minimum Gasteiger partial charge on any atom is -0.508 e. The summed E-state index contributed by atoms with van der Waals surface area (Å²) in [5, 5.41) is 38.0. The van der Waals surface area contributed by atoms with Crippen molar-refractivity contribution < 1.29 is 39.2 Å². The van der Waals surface area contributed by atoms with E-state index in [0.717, 1.165) is 4.90 Å². The highest BCUT2D eigenvalue weighted by atomic mass is 16.5. The number of hydrogen-bond donors (Lipinski definition) is 6. The molecule has 0 aliphatic carbocycles. The number of nitrogens with one attached hydrogen (secondary N) is 2. The Hall–Kier alpha value is -4.61. The Morgan fingerprint density at radius 3 is 2.22 bits per heavy atom. The first-order valence-electron chi connectivity index (χ1n) is 11.3. The predicted octanol–water partition coefficient (Wildman–Crippen LogP) is 0.949. The minimum atomic E-state index is -1.46. The number of aliphatic carboxylic acids is 2. The van der Waals surface area contributed by atoms with E-state index in [1.165, 1.54) is 31.3 Å². The molecule has 0 radical (unpaired) electrons. The fourth-order valence-corrected chi connectivity index (χ4v) is 3.44. The van der Waals surface area contributed by atoms with Gasteiger partial charge in [-0.3, -0.25) is 19.8 Å². The van der Waals surface area contributed by atoms with E-state index >= 15 is 0 Å². The van der Waals surface area contributed by atoms with Gasteiger partial charge in [-0.2, -0.15) is 0 Å². The predicted molar refractivity (Wildman–Crippen MR) is 132 cm³/mol. The largest absolute Gasteiger partial charge is 0.508 e. The number of rotatable bonds is 14. The van der Waals surface area contributed by atoms with Crippen LogP contribution in [-0.2, 0) is 25.6 Å². The van der Waals surface area contributed by atoms with Gasteiger partial charge in [0.15, 0.2) is 0 Å². The fourth-order valence-electron chi connectivity index (χ4n) is 3.44. The molecule has 0 saturated carbocycles. The quantitative estimate of drug-likeness (QED) is 0.120. The number of carbonyl (C=O) groups is 4. The van der Waals surface area contributed by atoms with E-state index in [1.807, 2.05) is 0 Å². The number of amidine groups is 1. The molecule has 198 valence electrons. The van der Waals surface area contributed by atoms with Gasteiger partial charge in [0.1, 0.15) is 29.4 Å². The topological polar surface area (TPSA) is 203 Å². The third-order valence-corrected chi connectivity index (χ3v) is 5.46. The molecule has 2 rings (SSSR count). The molecule has 0 saturated heterocycles. The van der Waals surface area contributed by atoms with Crippen LogP contribution < -0.4 is 15.8 Å². The average Bonchev–Trinajstić information content (AvgIpc) is 2.84. The van der Waals surface area contributed by atoms with Crippen molar-refractivity contribution in [3.63, 3.8) is 0 Å². The van der Waals surface area contributed by atoms with Gasteiger partial charge in [-0.05, 0) is 48.4 Å². The molecular weight excluding hydrogens is 484 g/mol. The summed E-state index contributed by atoms with van der Waals surface area (Å²) in [5.41, 5.74) is 6.48. The van der Waals surface area contributed by atoms with Crippen LogP contribution in [0.1, 0.15) is 30.4 Å². The zero-order valence-electron chi connectivity index (χ0n) is 20.2. The number of amides is 2. The number of phenols is 1. The highest BCUT2D eigenvalue weighted by Gasteiger charge is 2.33. The molecule has 0 heterocycles. The number of hydrogen-bond acceptors (Lipinski definition) is 7. The van der Waals surface area contributed by atoms with E-state index in [-0.39, 0.29) is 37.5 Å². The number of carboxylic acid groups (broad SMARTS) is 2. The third kappa shape index (κ3) is 9.17. The zero-order chi connectivity index (χ0) is 27.5. The van der Waals surface area contributed by atoms with Crippen LogP contribution in [0.2, 0.25) is 0 Å². The number of benzene rings is 2. The molecule has 12 nitrogen and oxygen atoms in total. The molecule has 2 atom stereocenters. The molecule has 2 aromatic rings. The molecule has 37 heavy (non-hydrogen) atoms. The first-order valence-corrected chi connectivity index (χ1v) is 11.3. The van der Waals surface area contributed by atoms with E-state index in [0.29, 0.717) is 16.9 Å². The maximum atomic E-state index is 13.0. The summed E-state index contributed by atoms with van der Waals surface area (Å²) in [6, 6.07) is 9.51. The lowest BCUT2D eigenvalue weighted by Crippen LogP contribution is -2.53. The van der Waals surface area contributed by atoms with Crippen LogP contribution >= 0.6 is 0 Å². The first kappa shape index (κ1) is 28.6. The SMILES string of the molecule is CN(C(=O)[C@H](CC(=O)O)NC(=O)CCCOc1ccc(C(=N)N)cc1)[C@@H](Cc1ccc(O)cc1)C(=O)O. The van der Waals surface area contributed by atoms with Crippen molar-refractivity contribution >= 4 is 29.6 Å². The maximum Gasteiger partial charge on any atom is 0.326 e. The molecule has 0 aliphatic heterocycles. The normalized spacial score (nSPS) is 12.1. The maximum absolute atomic E-state index is 13.0. The van der Waals surface area contributed by atoms with Crippen molar-refractivity contribution in [2.24, 2.45) is 5.73 Å². The number of likely N-dealkylation sites (N-methyl/N-ethyl adjacent to an activating group) is 1. The number of nitrogens with zero attached hydrogens (tertiary/aromatic N) is 1. The van der Waals surface area contributed by atoms with E-state index in [1.54, 1.807) is 24.3 Å². The fraction of sp³-hybridized carbons (Fsp3) is 0.320. The summed E-state index contributed by atoms with van der Waals surface area (Å²) >= 11 is 0. The van der Waals surface area contributed by atoms with Crippen molar-refractivity contribution in [2.45, 2.75) is 37.8 Å². The molecule has 0 unspecified atom stereocenters. The summed E-state index contributed by atoms with van der Waals surface area (Å²) in [7, 11) is 1.23. The zero-order valence-corrected chi connectivity index (χ0v) is 20.2. The number of carboxylic acids is 2.